The van der Waals surface area contributed by atoms with Gasteiger partial charge in [-0.1, -0.05) is 6.42 Å². The molecule has 5 heteroatoms. The van der Waals surface area contributed by atoms with Gasteiger partial charge in [0, 0.05) is 33.4 Å². The summed E-state index contributed by atoms with van der Waals surface area (Å²) in [5, 5.41) is 4.14. The van der Waals surface area contributed by atoms with Crippen LogP contribution in [0.1, 0.15) is 29.8 Å². The average molecular weight is 250 g/mol. The van der Waals surface area contributed by atoms with E-state index in [1.165, 1.54) is 32.4 Å². The van der Waals surface area contributed by atoms with Crippen LogP contribution in [0.4, 0.5) is 0 Å². The summed E-state index contributed by atoms with van der Waals surface area (Å²) in [6.45, 7) is 4.09. The Bertz CT molecular complexity index is 395. The van der Waals surface area contributed by atoms with Crippen molar-refractivity contribution < 1.29 is 4.79 Å². The van der Waals surface area contributed by atoms with Gasteiger partial charge in [-0.15, -0.1) is 0 Å². The first-order valence-electron chi connectivity index (χ1n) is 6.64. The zero-order valence-corrected chi connectivity index (χ0v) is 11.3. The molecule has 0 aliphatic carbocycles. The highest BCUT2D eigenvalue weighted by Gasteiger charge is 2.16. The van der Waals surface area contributed by atoms with Gasteiger partial charge in [0.2, 0.25) is 0 Å². The Balaban J connectivity index is 1.80. The lowest BCUT2D eigenvalue weighted by molar-refractivity contribution is 0.0766. The lowest BCUT2D eigenvalue weighted by Crippen LogP contribution is -2.38. The zero-order valence-electron chi connectivity index (χ0n) is 11.3. The number of aryl methyl sites for hydroxylation is 1. The number of nitrogens with zero attached hydrogens (tertiary/aromatic N) is 4. The molecule has 0 aromatic carbocycles. The Labute approximate surface area is 108 Å². The standard InChI is InChI=1S/C13H22N4O/c1-15(10-11-17-7-4-3-5-8-17)13(18)12-6-9-16(2)14-12/h6,9H,3-5,7-8,10-11H2,1-2H3. The molecule has 1 amide bonds. The van der Waals surface area contributed by atoms with E-state index in [2.05, 4.69) is 10.00 Å². The van der Waals surface area contributed by atoms with Crippen LogP contribution in [-0.2, 0) is 7.05 Å². The molecule has 0 spiro atoms. The molecule has 1 aliphatic heterocycles. The summed E-state index contributed by atoms with van der Waals surface area (Å²) in [5.41, 5.74) is 0.527. The Morgan fingerprint density at radius 2 is 2.11 bits per heavy atom. The lowest BCUT2D eigenvalue weighted by atomic mass is 10.1. The van der Waals surface area contributed by atoms with Gasteiger partial charge in [-0.3, -0.25) is 9.48 Å². The van der Waals surface area contributed by atoms with Gasteiger partial charge in [-0.05, 0) is 32.0 Å². The van der Waals surface area contributed by atoms with Crippen molar-refractivity contribution in [2.24, 2.45) is 7.05 Å². The number of hydrogen-bond acceptors (Lipinski definition) is 3. The van der Waals surface area contributed by atoms with Crippen molar-refractivity contribution in [1.82, 2.24) is 19.6 Å². The molecule has 1 fully saturated rings. The van der Waals surface area contributed by atoms with Crippen LogP contribution in [0.15, 0.2) is 12.3 Å². The van der Waals surface area contributed by atoms with E-state index in [0.717, 1.165) is 13.1 Å². The molecule has 1 aromatic heterocycles. The topological polar surface area (TPSA) is 41.4 Å². The maximum absolute atomic E-state index is 12.1. The first-order chi connectivity index (χ1) is 8.66. The number of carbonyl (C=O) groups is 1. The quantitative estimate of drug-likeness (QED) is 0.800. The number of rotatable bonds is 4. The molecule has 2 rings (SSSR count). The number of hydrogen-bond donors (Lipinski definition) is 0. The molecule has 1 aromatic rings. The molecule has 18 heavy (non-hydrogen) atoms. The second kappa shape index (κ2) is 6.00. The van der Waals surface area contributed by atoms with Crippen LogP contribution in [0, 0.1) is 0 Å². The molecule has 1 saturated heterocycles. The fourth-order valence-electron chi connectivity index (χ4n) is 2.30. The fourth-order valence-corrected chi connectivity index (χ4v) is 2.30. The Morgan fingerprint density at radius 1 is 1.39 bits per heavy atom. The van der Waals surface area contributed by atoms with Gasteiger partial charge in [-0.2, -0.15) is 5.10 Å². The SMILES string of the molecule is CN(CCN1CCCCC1)C(=O)c1ccn(C)n1. The smallest absolute Gasteiger partial charge is 0.274 e. The van der Waals surface area contributed by atoms with Gasteiger partial charge in [-0.25, -0.2) is 0 Å². The van der Waals surface area contributed by atoms with Gasteiger partial charge in [0.1, 0.15) is 5.69 Å². The van der Waals surface area contributed by atoms with Gasteiger partial charge < -0.3 is 9.80 Å². The molecule has 0 unspecified atom stereocenters. The van der Waals surface area contributed by atoms with Crippen LogP contribution < -0.4 is 0 Å². The number of piperidine rings is 1. The van der Waals surface area contributed by atoms with Crippen molar-refractivity contribution >= 4 is 5.91 Å². The summed E-state index contributed by atoms with van der Waals surface area (Å²) < 4.78 is 1.66. The van der Waals surface area contributed by atoms with Crippen LogP contribution >= 0.6 is 0 Å². The first-order valence-corrected chi connectivity index (χ1v) is 6.64. The maximum Gasteiger partial charge on any atom is 0.274 e. The van der Waals surface area contributed by atoms with Crippen molar-refractivity contribution in [1.29, 1.82) is 0 Å². The Hall–Kier alpha value is -1.36. The zero-order chi connectivity index (χ0) is 13.0. The Morgan fingerprint density at radius 3 is 2.72 bits per heavy atom. The van der Waals surface area contributed by atoms with E-state index in [9.17, 15) is 4.79 Å². The highest BCUT2D eigenvalue weighted by atomic mass is 16.2. The van der Waals surface area contributed by atoms with E-state index in [1.54, 1.807) is 21.8 Å². The number of carbonyl (C=O) groups excluding carboxylic acids is 1. The summed E-state index contributed by atoms with van der Waals surface area (Å²) in [6, 6.07) is 1.76. The van der Waals surface area contributed by atoms with Gasteiger partial charge >= 0.3 is 0 Å². The van der Waals surface area contributed by atoms with Gasteiger partial charge in [0.25, 0.3) is 5.91 Å². The van der Waals surface area contributed by atoms with E-state index in [0.29, 0.717) is 5.69 Å². The molecule has 0 atom stereocenters. The largest absolute Gasteiger partial charge is 0.339 e. The highest BCUT2D eigenvalue weighted by molar-refractivity contribution is 5.91. The third-order valence-electron chi connectivity index (χ3n) is 3.48. The number of aromatic nitrogens is 2. The van der Waals surface area contributed by atoms with Crippen LogP contribution in [0.5, 0.6) is 0 Å². The van der Waals surface area contributed by atoms with Crippen molar-refractivity contribution in [3.8, 4) is 0 Å². The predicted molar refractivity (Wildman–Crippen MR) is 70.5 cm³/mol. The van der Waals surface area contributed by atoms with Crippen molar-refractivity contribution in [3.63, 3.8) is 0 Å². The van der Waals surface area contributed by atoms with E-state index in [-0.39, 0.29) is 5.91 Å². The predicted octanol–water partition coefficient (Wildman–Crippen LogP) is 0.978. The minimum Gasteiger partial charge on any atom is -0.339 e. The molecular formula is C13H22N4O. The minimum absolute atomic E-state index is 0.00705. The molecular weight excluding hydrogens is 228 g/mol. The highest BCUT2D eigenvalue weighted by Crippen LogP contribution is 2.08. The van der Waals surface area contributed by atoms with Crippen LogP contribution in [-0.4, -0.2) is 58.7 Å². The molecule has 0 bridgehead atoms. The number of likely N-dealkylation sites (N-methyl/N-ethyl adjacent to an activating group) is 1. The van der Waals surface area contributed by atoms with Crippen molar-refractivity contribution in [2.45, 2.75) is 19.3 Å². The molecule has 0 saturated carbocycles. The summed E-state index contributed by atoms with van der Waals surface area (Å²) in [7, 11) is 3.67. The molecule has 100 valence electrons. The summed E-state index contributed by atoms with van der Waals surface area (Å²) >= 11 is 0. The second-order valence-corrected chi connectivity index (χ2v) is 5.00. The summed E-state index contributed by atoms with van der Waals surface area (Å²) in [6.07, 6.45) is 5.72. The van der Waals surface area contributed by atoms with Gasteiger partial charge in [0.15, 0.2) is 0 Å². The van der Waals surface area contributed by atoms with E-state index < -0.39 is 0 Å². The van der Waals surface area contributed by atoms with E-state index >= 15 is 0 Å². The molecule has 2 heterocycles. The van der Waals surface area contributed by atoms with Crippen LogP contribution in [0.3, 0.4) is 0 Å². The van der Waals surface area contributed by atoms with Crippen LogP contribution in [0.25, 0.3) is 0 Å². The van der Waals surface area contributed by atoms with E-state index in [4.69, 9.17) is 0 Å². The van der Waals surface area contributed by atoms with E-state index in [1.807, 2.05) is 14.1 Å². The molecule has 0 N–H and O–H groups in total. The molecule has 1 aliphatic rings. The molecule has 5 nitrogen and oxygen atoms in total. The monoisotopic (exact) mass is 250 g/mol. The average Bonchev–Trinajstić information content (AvgIpc) is 2.83. The summed E-state index contributed by atoms with van der Waals surface area (Å²) in [4.78, 5) is 16.3. The fraction of sp³-hybridized carbons (Fsp3) is 0.692. The maximum atomic E-state index is 12.1. The Kier molecular flexibility index (Phi) is 4.36. The summed E-state index contributed by atoms with van der Waals surface area (Å²) in [5.74, 6) is 0.00705. The molecule has 0 radical (unpaired) electrons. The van der Waals surface area contributed by atoms with Crippen molar-refractivity contribution in [2.75, 3.05) is 33.2 Å². The van der Waals surface area contributed by atoms with Gasteiger partial charge in [0.05, 0.1) is 0 Å². The lowest BCUT2D eigenvalue weighted by Gasteiger charge is -2.28. The van der Waals surface area contributed by atoms with Crippen molar-refractivity contribution in [3.05, 3.63) is 18.0 Å². The second-order valence-electron chi connectivity index (χ2n) is 5.00. The van der Waals surface area contributed by atoms with Crippen LogP contribution in [0.2, 0.25) is 0 Å². The number of likely N-dealkylation sites (tertiary alicyclic amines) is 1. The number of amides is 1. The third-order valence-corrected chi connectivity index (χ3v) is 3.48. The first kappa shape index (κ1) is 13.1. The normalized spacial score (nSPS) is 16.8. The minimum atomic E-state index is 0.00705. The third kappa shape index (κ3) is 3.32.